The smallest absolute Gasteiger partial charge is 0.337 e. The second-order valence-corrected chi connectivity index (χ2v) is 12.9. The van der Waals surface area contributed by atoms with Gasteiger partial charge in [-0.1, -0.05) is 27.7 Å². The van der Waals surface area contributed by atoms with Crippen molar-refractivity contribution >= 4 is 35.2 Å². The van der Waals surface area contributed by atoms with Crippen molar-refractivity contribution in [1.82, 2.24) is 10.0 Å². The maximum absolute atomic E-state index is 13.9. The number of carbonyl (C=O) groups excluding carboxylic acids is 4. The molecular weight excluding hydrogens is 464 g/mol. The molecule has 0 aromatic carbocycles. The average Bonchev–Trinajstić information content (AvgIpc) is 3.19. The Bertz CT molecular complexity index is 1110. The van der Waals surface area contributed by atoms with Crippen LogP contribution < -0.4 is 0 Å². The van der Waals surface area contributed by atoms with Crippen LogP contribution in [0.15, 0.2) is 10.2 Å². The Hall–Kier alpha value is -2.78. The number of fused-ring (bicyclic) bond motifs is 6. The molecule has 0 aromatic heterocycles. The predicted molar refractivity (Wildman–Crippen MR) is 127 cm³/mol. The van der Waals surface area contributed by atoms with Crippen molar-refractivity contribution in [3.63, 3.8) is 0 Å². The Labute approximate surface area is 210 Å². The minimum absolute atomic E-state index is 0.0504. The van der Waals surface area contributed by atoms with Gasteiger partial charge < -0.3 is 9.47 Å². The van der Waals surface area contributed by atoms with Gasteiger partial charge in [-0.05, 0) is 48.3 Å². The summed E-state index contributed by atoms with van der Waals surface area (Å²) in [5.41, 5.74) is -1.19. The van der Waals surface area contributed by atoms with Gasteiger partial charge in [0.05, 0.1) is 11.8 Å². The van der Waals surface area contributed by atoms with Crippen LogP contribution in [0.2, 0.25) is 0 Å². The normalized spacial score (nSPS) is 43.6. The highest BCUT2D eigenvalue weighted by Gasteiger charge is 2.80. The Morgan fingerprint density at radius 3 is 1.36 bits per heavy atom. The first kappa shape index (κ1) is 23.6. The van der Waals surface area contributed by atoms with Gasteiger partial charge in [0.1, 0.15) is 0 Å². The molecule has 4 fully saturated rings. The standard InChI is InChI=1S/C26H34N4O6/c1-11-17-19-15(23(19,5)6)9-25(17,35-13(3)31)29(27-11)21(33)22(34)30-26(36-14(4)32)10-16-20(24(16,7)8)18(26)12(2)28-30/h15-20H,9-10H2,1-8H3. The van der Waals surface area contributed by atoms with Gasteiger partial charge >= 0.3 is 23.8 Å². The molecule has 2 amide bonds. The van der Waals surface area contributed by atoms with Crippen LogP contribution in [0.1, 0.15) is 68.2 Å². The molecule has 2 heterocycles. The lowest BCUT2D eigenvalue weighted by atomic mass is 9.83. The van der Waals surface area contributed by atoms with Gasteiger partial charge in [-0.25, -0.2) is 0 Å². The summed E-state index contributed by atoms with van der Waals surface area (Å²) in [6.07, 6.45) is 0.847. The lowest BCUT2D eigenvalue weighted by Crippen LogP contribution is -2.60. The molecule has 6 aliphatic rings. The molecule has 10 heteroatoms. The highest BCUT2D eigenvalue weighted by atomic mass is 16.6. The van der Waals surface area contributed by atoms with Crippen molar-refractivity contribution in [1.29, 1.82) is 0 Å². The number of rotatable bonds is 2. The van der Waals surface area contributed by atoms with E-state index in [1.165, 1.54) is 13.8 Å². The van der Waals surface area contributed by atoms with Crippen LogP contribution in [0.4, 0.5) is 0 Å². The number of amides is 2. The summed E-state index contributed by atoms with van der Waals surface area (Å²) in [5.74, 6) is -2.52. The van der Waals surface area contributed by atoms with Crippen molar-refractivity contribution in [2.75, 3.05) is 0 Å². The van der Waals surface area contributed by atoms with Gasteiger partial charge in [0.25, 0.3) is 0 Å². The number of hydrogen-bond donors (Lipinski definition) is 0. The van der Waals surface area contributed by atoms with E-state index >= 15 is 0 Å². The summed E-state index contributed by atoms with van der Waals surface area (Å²) in [4.78, 5) is 52.1. The third-order valence-corrected chi connectivity index (χ3v) is 10.3. The van der Waals surface area contributed by atoms with Gasteiger partial charge in [-0.3, -0.25) is 19.2 Å². The van der Waals surface area contributed by atoms with Crippen molar-refractivity contribution in [2.45, 2.75) is 79.7 Å². The molecule has 0 N–H and O–H groups in total. The van der Waals surface area contributed by atoms with Crippen LogP contribution in [-0.4, -0.2) is 56.6 Å². The van der Waals surface area contributed by atoms with Crippen molar-refractivity contribution in [3.8, 4) is 0 Å². The number of nitrogens with zero attached hydrogens (tertiary/aromatic N) is 4. The molecule has 4 saturated carbocycles. The van der Waals surface area contributed by atoms with E-state index in [9.17, 15) is 19.2 Å². The molecule has 194 valence electrons. The molecule has 10 nitrogen and oxygen atoms in total. The van der Waals surface area contributed by atoms with E-state index in [4.69, 9.17) is 9.47 Å². The van der Waals surface area contributed by atoms with E-state index in [1.54, 1.807) is 0 Å². The Morgan fingerprint density at radius 1 is 0.722 bits per heavy atom. The zero-order valence-corrected chi connectivity index (χ0v) is 22.1. The summed E-state index contributed by atoms with van der Waals surface area (Å²) in [5, 5.41) is 11.1. The number of hydrazone groups is 2. The second kappa shape index (κ2) is 6.55. The zero-order chi connectivity index (χ0) is 26.3. The lowest BCUT2D eigenvalue weighted by molar-refractivity contribution is -0.205. The van der Waals surface area contributed by atoms with Crippen molar-refractivity contribution < 1.29 is 28.7 Å². The van der Waals surface area contributed by atoms with E-state index in [1.807, 2.05) is 13.8 Å². The maximum Gasteiger partial charge on any atom is 0.337 e. The molecule has 8 atom stereocenters. The molecule has 0 aromatic rings. The first-order chi connectivity index (χ1) is 16.6. The van der Waals surface area contributed by atoms with Gasteiger partial charge in [-0.2, -0.15) is 20.2 Å². The van der Waals surface area contributed by atoms with Crippen LogP contribution in [0.3, 0.4) is 0 Å². The topological polar surface area (TPSA) is 118 Å². The highest BCUT2D eigenvalue weighted by Crippen LogP contribution is 2.75. The molecule has 0 bridgehead atoms. The van der Waals surface area contributed by atoms with Crippen LogP contribution in [0, 0.1) is 46.3 Å². The van der Waals surface area contributed by atoms with Gasteiger partial charge in [-0.15, -0.1) is 0 Å². The molecule has 0 spiro atoms. The fourth-order valence-electron chi connectivity index (χ4n) is 8.75. The minimum Gasteiger partial charge on any atom is -0.436 e. The van der Waals surface area contributed by atoms with Gasteiger partial charge in [0.15, 0.2) is 0 Å². The van der Waals surface area contributed by atoms with Crippen LogP contribution >= 0.6 is 0 Å². The fraction of sp³-hybridized carbons (Fsp3) is 0.769. The fourth-order valence-corrected chi connectivity index (χ4v) is 8.75. The second-order valence-electron chi connectivity index (χ2n) is 12.9. The molecule has 6 rings (SSSR count). The largest absolute Gasteiger partial charge is 0.436 e. The Morgan fingerprint density at radius 2 is 1.06 bits per heavy atom. The summed E-state index contributed by atoms with van der Waals surface area (Å²) in [6.45, 7) is 14.9. The third-order valence-electron chi connectivity index (χ3n) is 10.3. The number of ether oxygens (including phenoxy) is 2. The minimum atomic E-state index is -1.32. The maximum atomic E-state index is 13.9. The van der Waals surface area contributed by atoms with E-state index in [-0.39, 0.29) is 46.3 Å². The first-order valence-corrected chi connectivity index (χ1v) is 12.8. The van der Waals surface area contributed by atoms with Crippen molar-refractivity contribution in [3.05, 3.63) is 0 Å². The molecule has 0 saturated heterocycles. The molecule has 2 aliphatic heterocycles. The SMILES string of the molecule is CC(=O)OC12CC3C(C1C(C)=NN2C(=O)C(=O)N1N=C(C)C2C4C(CC21OC(C)=O)C4(C)C)C3(C)C. The molecule has 0 radical (unpaired) electrons. The zero-order valence-electron chi connectivity index (χ0n) is 22.1. The van der Waals surface area contributed by atoms with E-state index in [0.717, 1.165) is 10.0 Å². The quantitative estimate of drug-likeness (QED) is 0.426. The van der Waals surface area contributed by atoms with E-state index < -0.39 is 35.2 Å². The predicted octanol–water partition coefficient (Wildman–Crippen LogP) is 2.53. The number of esters is 2. The summed E-state index contributed by atoms with van der Waals surface area (Å²) in [6, 6.07) is 0. The van der Waals surface area contributed by atoms with E-state index in [2.05, 4.69) is 37.9 Å². The molecule has 8 unspecified atom stereocenters. The summed E-state index contributed by atoms with van der Waals surface area (Å²) < 4.78 is 11.7. The molecule has 36 heavy (non-hydrogen) atoms. The third kappa shape index (κ3) is 2.58. The van der Waals surface area contributed by atoms with Crippen molar-refractivity contribution in [2.24, 2.45) is 56.5 Å². The van der Waals surface area contributed by atoms with Crippen LogP contribution in [-0.2, 0) is 28.7 Å². The first-order valence-electron chi connectivity index (χ1n) is 12.8. The average molecular weight is 499 g/mol. The lowest BCUT2D eigenvalue weighted by Gasteiger charge is -2.41. The summed E-state index contributed by atoms with van der Waals surface area (Å²) >= 11 is 0. The van der Waals surface area contributed by atoms with Crippen LogP contribution in [0.25, 0.3) is 0 Å². The van der Waals surface area contributed by atoms with Gasteiger partial charge in [0.2, 0.25) is 11.4 Å². The monoisotopic (exact) mass is 498 g/mol. The molecular formula is C26H34N4O6. The Kier molecular flexibility index (Phi) is 4.30. The number of hydrogen-bond acceptors (Lipinski definition) is 8. The van der Waals surface area contributed by atoms with Crippen LogP contribution in [0.5, 0.6) is 0 Å². The Balaban J connectivity index is 1.35. The summed E-state index contributed by atoms with van der Waals surface area (Å²) in [7, 11) is 0. The number of carbonyl (C=O) groups is 4. The molecule has 4 aliphatic carbocycles. The highest BCUT2D eigenvalue weighted by molar-refractivity contribution is 6.35. The van der Waals surface area contributed by atoms with Gasteiger partial charge in [0, 0.05) is 38.1 Å². The van der Waals surface area contributed by atoms with E-state index in [0.29, 0.717) is 24.3 Å².